The Kier molecular flexibility index (Phi) is 4.32. The summed E-state index contributed by atoms with van der Waals surface area (Å²) in [5, 5.41) is 8.90. The highest BCUT2D eigenvalue weighted by Crippen LogP contribution is 2.29. The summed E-state index contributed by atoms with van der Waals surface area (Å²) in [7, 11) is 0. The standard InChI is InChI=1S/C13H14F3N7O/c14-13(15,16)9-5-10(18-6-17-9)23-3-1-8(2-4-23)21-12(24)11-19-7-20-22-11/h5-8H,1-4H2,(H,21,24)(H,19,20,22). The predicted molar refractivity (Wildman–Crippen MR) is 76.1 cm³/mol. The number of amides is 1. The Morgan fingerprint density at radius 3 is 2.58 bits per heavy atom. The number of piperidine rings is 1. The summed E-state index contributed by atoms with van der Waals surface area (Å²) in [6.45, 7) is 0.964. The van der Waals surface area contributed by atoms with Crippen LogP contribution in [-0.2, 0) is 6.18 Å². The summed E-state index contributed by atoms with van der Waals surface area (Å²) in [6, 6.07) is 0.857. The van der Waals surface area contributed by atoms with Gasteiger partial charge in [0.05, 0.1) is 0 Å². The molecule has 1 saturated heterocycles. The number of hydrogen-bond donors (Lipinski definition) is 2. The van der Waals surface area contributed by atoms with Gasteiger partial charge in [0.25, 0.3) is 5.91 Å². The molecule has 24 heavy (non-hydrogen) atoms. The van der Waals surface area contributed by atoms with Crippen molar-refractivity contribution in [1.29, 1.82) is 0 Å². The normalized spacial score (nSPS) is 16.2. The van der Waals surface area contributed by atoms with Crippen molar-refractivity contribution in [3.8, 4) is 0 Å². The Hall–Kier alpha value is -2.72. The van der Waals surface area contributed by atoms with Gasteiger partial charge in [-0.05, 0) is 12.8 Å². The maximum atomic E-state index is 12.7. The van der Waals surface area contributed by atoms with Gasteiger partial charge < -0.3 is 10.2 Å². The van der Waals surface area contributed by atoms with E-state index in [9.17, 15) is 18.0 Å². The third kappa shape index (κ3) is 3.60. The Balaban J connectivity index is 1.58. The van der Waals surface area contributed by atoms with Crippen LogP contribution in [-0.4, -0.2) is 50.2 Å². The monoisotopic (exact) mass is 341 g/mol. The molecule has 2 aromatic rings. The number of nitrogens with one attached hydrogen (secondary N) is 2. The maximum absolute atomic E-state index is 12.7. The highest BCUT2D eigenvalue weighted by atomic mass is 19.4. The largest absolute Gasteiger partial charge is 0.433 e. The number of carbonyl (C=O) groups excluding carboxylic acids is 1. The number of H-pyrrole nitrogens is 1. The lowest BCUT2D eigenvalue weighted by Crippen LogP contribution is -2.45. The first-order chi connectivity index (χ1) is 11.4. The molecule has 0 spiro atoms. The first-order valence-corrected chi connectivity index (χ1v) is 7.24. The molecule has 0 bridgehead atoms. The van der Waals surface area contributed by atoms with Crippen molar-refractivity contribution < 1.29 is 18.0 Å². The number of rotatable bonds is 3. The van der Waals surface area contributed by atoms with E-state index >= 15 is 0 Å². The van der Waals surface area contributed by atoms with Crippen molar-refractivity contribution in [2.45, 2.75) is 25.1 Å². The maximum Gasteiger partial charge on any atom is 0.433 e. The number of carbonyl (C=O) groups is 1. The van der Waals surface area contributed by atoms with Crippen LogP contribution < -0.4 is 10.2 Å². The third-order valence-corrected chi connectivity index (χ3v) is 3.73. The molecule has 0 radical (unpaired) electrons. The van der Waals surface area contributed by atoms with Crippen LogP contribution in [0.1, 0.15) is 29.2 Å². The van der Waals surface area contributed by atoms with Gasteiger partial charge in [0.1, 0.15) is 24.2 Å². The molecule has 2 aromatic heterocycles. The van der Waals surface area contributed by atoms with E-state index in [1.54, 1.807) is 4.90 Å². The quantitative estimate of drug-likeness (QED) is 0.864. The lowest BCUT2D eigenvalue weighted by Gasteiger charge is -2.33. The summed E-state index contributed by atoms with van der Waals surface area (Å²) in [5.74, 6) is 0.00716. The molecule has 3 rings (SSSR count). The number of aromatic nitrogens is 5. The van der Waals surface area contributed by atoms with Crippen LogP contribution in [0.2, 0.25) is 0 Å². The zero-order valence-corrected chi connectivity index (χ0v) is 12.4. The van der Waals surface area contributed by atoms with Gasteiger partial charge >= 0.3 is 6.18 Å². The van der Waals surface area contributed by atoms with Crippen LogP contribution in [0.3, 0.4) is 0 Å². The van der Waals surface area contributed by atoms with E-state index in [1.807, 2.05) is 0 Å². The second-order valence-corrected chi connectivity index (χ2v) is 5.33. The molecule has 1 fully saturated rings. The summed E-state index contributed by atoms with van der Waals surface area (Å²) in [6.07, 6.45) is -1.17. The van der Waals surface area contributed by atoms with Crippen molar-refractivity contribution in [3.05, 3.63) is 30.2 Å². The molecule has 11 heteroatoms. The molecular weight excluding hydrogens is 327 g/mol. The second-order valence-electron chi connectivity index (χ2n) is 5.33. The molecule has 0 aliphatic carbocycles. The fourth-order valence-electron chi connectivity index (χ4n) is 2.50. The van der Waals surface area contributed by atoms with E-state index in [0.717, 1.165) is 12.4 Å². The van der Waals surface area contributed by atoms with E-state index < -0.39 is 11.9 Å². The fourth-order valence-corrected chi connectivity index (χ4v) is 2.50. The molecule has 3 heterocycles. The van der Waals surface area contributed by atoms with Gasteiger partial charge in [0.2, 0.25) is 5.82 Å². The van der Waals surface area contributed by atoms with E-state index in [2.05, 4.69) is 30.5 Å². The first kappa shape index (κ1) is 16.1. The number of alkyl halides is 3. The summed E-state index contributed by atoms with van der Waals surface area (Å²) >= 11 is 0. The van der Waals surface area contributed by atoms with Gasteiger partial charge in [-0.3, -0.25) is 9.89 Å². The number of nitrogens with zero attached hydrogens (tertiary/aromatic N) is 5. The summed E-state index contributed by atoms with van der Waals surface area (Å²) in [5.41, 5.74) is -0.965. The number of aromatic amines is 1. The van der Waals surface area contributed by atoms with E-state index in [4.69, 9.17) is 0 Å². The van der Waals surface area contributed by atoms with E-state index in [-0.39, 0.29) is 23.6 Å². The predicted octanol–water partition coefficient (Wildman–Crippen LogP) is 1.01. The molecule has 1 amide bonds. The summed E-state index contributed by atoms with van der Waals surface area (Å²) in [4.78, 5) is 24.5. The average molecular weight is 341 g/mol. The minimum Gasteiger partial charge on any atom is -0.356 e. The van der Waals surface area contributed by atoms with Gasteiger partial charge in [-0.1, -0.05) is 0 Å². The lowest BCUT2D eigenvalue weighted by atomic mass is 10.0. The van der Waals surface area contributed by atoms with Crippen LogP contribution >= 0.6 is 0 Å². The zero-order chi connectivity index (χ0) is 17.2. The molecule has 2 N–H and O–H groups in total. The van der Waals surface area contributed by atoms with Gasteiger partial charge in [-0.15, -0.1) is 0 Å². The lowest BCUT2D eigenvalue weighted by molar-refractivity contribution is -0.141. The van der Waals surface area contributed by atoms with Gasteiger partial charge in [0, 0.05) is 25.2 Å². The number of hydrogen-bond acceptors (Lipinski definition) is 6. The second kappa shape index (κ2) is 6.42. The van der Waals surface area contributed by atoms with Crippen molar-refractivity contribution in [2.75, 3.05) is 18.0 Å². The average Bonchev–Trinajstić information content (AvgIpc) is 3.09. The van der Waals surface area contributed by atoms with E-state index in [0.29, 0.717) is 25.9 Å². The minimum atomic E-state index is -4.50. The van der Waals surface area contributed by atoms with Crippen molar-refractivity contribution in [3.63, 3.8) is 0 Å². The SMILES string of the molecule is O=C(NC1CCN(c2cc(C(F)(F)F)ncn2)CC1)c1ncn[nH]1. The molecular formula is C13H14F3N7O. The molecule has 0 saturated carbocycles. The van der Waals surface area contributed by atoms with Gasteiger partial charge in [-0.2, -0.15) is 18.3 Å². The first-order valence-electron chi connectivity index (χ1n) is 7.24. The van der Waals surface area contributed by atoms with Crippen LogP contribution in [0, 0.1) is 0 Å². The van der Waals surface area contributed by atoms with Crippen LogP contribution in [0.15, 0.2) is 18.7 Å². The minimum absolute atomic E-state index is 0.0808. The Bertz CT molecular complexity index is 696. The molecule has 1 aliphatic rings. The van der Waals surface area contributed by atoms with Gasteiger partial charge in [-0.25, -0.2) is 15.0 Å². The number of anilines is 1. The molecule has 8 nitrogen and oxygen atoms in total. The fraction of sp³-hybridized carbons (Fsp3) is 0.462. The smallest absolute Gasteiger partial charge is 0.356 e. The van der Waals surface area contributed by atoms with Crippen molar-refractivity contribution in [1.82, 2.24) is 30.5 Å². The zero-order valence-electron chi connectivity index (χ0n) is 12.4. The number of halogens is 3. The highest BCUT2D eigenvalue weighted by molar-refractivity contribution is 5.90. The third-order valence-electron chi connectivity index (χ3n) is 3.73. The van der Waals surface area contributed by atoms with Gasteiger partial charge in [0.15, 0.2) is 0 Å². The highest BCUT2D eigenvalue weighted by Gasteiger charge is 2.33. The summed E-state index contributed by atoms with van der Waals surface area (Å²) < 4.78 is 38.1. The molecule has 0 unspecified atom stereocenters. The topological polar surface area (TPSA) is 99.7 Å². The molecule has 0 aromatic carbocycles. The Labute approximate surface area is 134 Å². The Morgan fingerprint density at radius 1 is 1.21 bits per heavy atom. The van der Waals surface area contributed by atoms with Crippen molar-refractivity contribution in [2.24, 2.45) is 0 Å². The molecule has 1 aliphatic heterocycles. The van der Waals surface area contributed by atoms with E-state index in [1.165, 1.54) is 6.33 Å². The van der Waals surface area contributed by atoms with Crippen LogP contribution in [0.4, 0.5) is 19.0 Å². The molecule has 0 atom stereocenters. The van der Waals surface area contributed by atoms with Crippen molar-refractivity contribution >= 4 is 11.7 Å². The van der Waals surface area contributed by atoms with Crippen LogP contribution in [0.25, 0.3) is 0 Å². The molecule has 128 valence electrons. The Morgan fingerprint density at radius 2 is 1.96 bits per heavy atom. The van der Waals surface area contributed by atoms with Crippen LogP contribution in [0.5, 0.6) is 0 Å².